The van der Waals surface area contributed by atoms with E-state index in [1.807, 2.05) is 36.4 Å². The van der Waals surface area contributed by atoms with Crippen LogP contribution >= 0.6 is 43.2 Å². The maximum Gasteiger partial charge on any atom is 0.311 e. The second-order valence-corrected chi connectivity index (χ2v) is 9.42. The summed E-state index contributed by atoms with van der Waals surface area (Å²) < 4.78 is 7.78. The fourth-order valence-corrected chi connectivity index (χ4v) is 5.43. The Balaban J connectivity index is 1.74. The van der Waals surface area contributed by atoms with Gasteiger partial charge in [-0.1, -0.05) is 28.1 Å². The van der Waals surface area contributed by atoms with Crippen molar-refractivity contribution < 1.29 is 14.5 Å². The van der Waals surface area contributed by atoms with Crippen molar-refractivity contribution in [2.24, 2.45) is 0 Å². The highest BCUT2D eigenvalue weighted by Crippen LogP contribution is 2.41. The lowest BCUT2D eigenvalue weighted by molar-refractivity contribution is -0.385. The number of benzene rings is 3. The molecule has 0 aliphatic heterocycles. The molecule has 1 heterocycles. The van der Waals surface area contributed by atoms with Crippen LogP contribution in [0, 0.1) is 10.1 Å². The SMILES string of the molecule is CCOc1ccc(C(=O)Nc2c(Br)cc(Br)cc2-c2nc3ccccc3s2)cc1[N+](=O)[O-]. The first kappa shape index (κ1) is 22.4. The van der Waals surface area contributed by atoms with Gasteiger partial charge in [0.2, 0.25) is 0 Å². The quantitative estimate of drug-likeness (QED) is 0.196. The lowest BCUT2D eigenvalue weighted by atomic mass is 10.1. The Labute approximate surface area is 203 Å². The number of nitro groups is 1. The lowest BCUT2D eigenvalue weighted by Gasteiger charge is -2.13. The van der Waals surface area contributed by atoms with E-state index in [0.717, 1.165) is 25.3 Å². The number of amides is 1. The number of anilines is 1. The summed E-state index contributed by atoms with van der Waals surface area (Å²) in [6.07, 6.45) is 0. The number of halogens is 2. The maximum absolute atomic E-state index is 13.0. The Kier molecular flexibility index (Phi) is 6.54. The smallest absolute Gasteiger partial charge is 0.311 e. The summed E-state index contributed by atoms with van der Waals surface area (Å²) in [6.45, 7) is 2.02. The number of carbonyl (C=O) groups is 1. The van der Waals surface area contributed by atoms with Crippen molar-refractivity contribution in [2.45, 2.75) is 6.92 Å². The van der Waals surface area contributed by atoms with Gasteiger partial charge < -0.3 is 10.1 Å². The number of nitrogens with zero attached hydrogens (tertiary/aromatic N) is 2. The fourth-order valence-electron chi connectivity index (χ4n) is 3.12. The number of carbonyl (C=O) groups excluding carboxylic acids is 1. The molecular weight excluding hydrogens is 562 g/mol. The molecule has 162 valence electrons. The first-order valence-corrected chi connectivity index (χ1v) is 11.8. The number of para-hydroxylation sites is 1. The topological polar surface area (TPSA) is 94.4 Å². The highest BCUT2D eigenvalue weighted by molar-refractivity contribution is 9.11. The van der Waals surface area contributed by atoms with Crippen LogP contribution in [0.3, 0.4) is 0 Å². The van der Waals surface area contributed by atoms with Gasteiger partial charge in [0.1, 0.15) is 5.01 Å². The summed E-state index contributed by atoms with van der Waals surface area (Å²) in [7, 11) is 0. The van der Waals surface area contributed by atoms with Crippen LogP contribution in [-0.2, 0) is 0 Å². The molecule has 1 aromatic heterocycles. The average molecular weight is 577 g/mol. The normalized spacial score (nSPS) is 10.8. The highest BCUT2D eigenvalue weighted by Gasteiger charge is 2.21. The predicted molar refractivity (Wildman–Crippen MR) is 133 cm³/mol. The summed E-state index contributed by atoms with van der Waals surface area (Å²) >= 11 is 8.52. The van der Waals surface area contributed by atoms with E-state index in [9.17, 15) is 14.9 Å². The van der Waals surface area contributed by atoms with Crippen molar-refractivity contribution in [3.05, 3.63) is 79.2 Å². The van der Waals surface area contributed by atoms with Gasteiger partial charge in [-0.3, -0.25) is 14.9 Å². The Hall–Kier alpha value is -2.82. The van der Waals surface area contributed by atoms with E-state index in [1.165, 1.54) is 29.5 Å². The molecule has 0 aliphatic rings. The number of thiazole rings is 1. The van der Waals surface area contributed by atoms with E-state index < -0.39 is 10.8 Å². The Morgan fingerprint density at radius 2 is 1.97 bits per heavy atom. The number of ether oxygens (including phenoxy) is 1. The largest absolute Gasteiger partial charge is 0.487 e. The molecule has 0 saturated heterocycles. The van der Waals surface area contributed by atoms with Crippen molar-refractivity contribution in [3.8, 4) is 16.3 Å². The third-order valence-electron chi connectivity index (χ3n) is 4.54. The number of aromatic nitrogens is 1. The van der Waals surface area contributed by atoms with Crippen LogP contribution in [0.2, 0.25) is 0 Å². The van der Waals surface area contributed by atoms with Gasteiger partial charge in [0.25, 0.3) is 5.91 Å². The molecule has 32 heavy (non-hydrogen) atoms. The third kappa shape index (κ3) is 4.52. The van der Waals surface area contributed by atoms with Crippen LogP contribution in [0.25, 0.3) is 20.8 Å². The van der Waals surface area contributed by atoms with Crippen molar-refractivity contribution in [1.29, 1.82) is 0 Å². The van der Waals surface area contributed by atoms with Gasteiger partial charge in [-0.25, -0.2) is 4.98 Å². The van der Waals surface area contributed by atoms with Gasteiger partial charge >= 0.3 is 5.69 Å². The summed E-state index contributed by atoms with van der Waals surface area (Å²) in [4.78, 5) is 28.6. The Morgan fingerprint density at radius 1 is 1.19 bits per heavy atom. The number of hydrogen-bond acceptors (Lipinski definition) is 6. The number of nitrogens with one attached hydrogen (secondary N) is 1. The molecule has 3 aromatic carbocycles. The van der Waals surface area contributed by atoms with E-state index in [1.54, 1.807) is 6.92 Å². The molecule has 4 rings (SSSR count). The molecule has 1 N–H and O–H groups in total. The number of rotatable bonds is 6. The number of nitro benzene ring substituents is 1. The molecule has 0 aliphatic carbocycles. The molecule has 1 amide bonds. The van der Waals surface area contributed by atoms with Gasteiger partial charge in [-0.15, -0.1) is 11.3 Å². The van der Waals surface area contributed by atoms with Crippen LogP contribution in [0.15, 0.2) is 63.5 Å². The van der Waals surface area contributed by atoms with Crippen molar-refractivity contribution >= 4 is 70.7 Å². The zero-order valence-electron chi connectivity index (χ0n) is 16.6. The van der Waals surface area contributed by atoms with Gasteiger partial charge in [-0.05, 0) is 59.3 Å². The first-order chi connectivity index (χ1) is 15.4. The van der Waals surface area contributed by atoms with Crippen LogP contribution in [0.4, 0.5) is 11.4 Å². The molecule has 7 nitrogen and oxygen atoms in total. The van der Waals surface area contributed by atoms with Crippen LogP contribution in [-0.4, -0.2) is 22.4 Å². The van der Waals surface area contributed by atoms with Gasteiger partial charge in [0, 0.05) is 26.1 Å². The second-order valence-electron chi connectivity index (χ2n) is 6.62. The molecule has 0 spiro atoms. The predicted octanol–water partition coefficient (Wildman–Crippen LogP) is 7.05. The molecule has 0 bridgehead atoms. The van der Waals surface area contributed by atoms with Crippen molar-refractivity contribution in [1.82, 2.24) is 4.98 Å². The second kappa shape index (κ2) is 9.35. The van der Waals surface area contributed by atoms with Crippen LogP contribution < -0.4 is 10.1 Å². The Bertz CT molecular complexity index is 1320. The maximum atomic E-state index is 13.0. The number of fused-ring (bicyclic) bond motifs is 1. The average Bonchev–Trinajstić information content (AvgIpc) is 3.19. The van der Waals surface area contributed by atoms with Gasteiger partial charge in [0.15, 0.2) is 5.75 Å². The molecular formula is C22H15Br2N3O4S. The van der Waals surface area contributed by atoms with E-state index in [4.69, 9.17) is 9.72 Å². The van der Waals surface area contributed by atoms with Gasteiger partial charge in [-0.2, -0.15) is 0 Å². The standard InChI is InChI=1S/C22H15Br2N3O4S/c1-2-31-18-8-7-12(9-17(18)27(29)30)21(28)26-20-14(10-13(23)11-15(20)24)22-25-16-5-3-4-6-19(16)32-22/h3-11H,2H2,1H3,(H,26,28). The van der Waals surface area contributed by atoms with Crippen LogP contribution in [0.1, 0.15) is 17.3 Å². The van der Waals surface area contributed by atoms with Gasteiger partial charge in [0.05, 0.1) is 27.4 Å². The minimum atomic E-state index is -0.566. The monoisotopic (exact) mass is 575 g/mol. The molecule has 0 unspecified atom stereocenters. The zero-order valence-corrected chi connectivity index (χ0v) is 20.6. The van der Waals surface area contributed by atoms with E-state index in [0.29, 0.717) is 10.2 Å². The lowest BCUT2D eigenvalue weighted by Crippen LogP contribution is -2.14. The molecule has 0 fully saturated rings. The molecule has 0 radical (unpaired) electrons. The summed E-state index contributed by atoms with van der Waals surface area (Å²) in [6, 6.07) is 15.6. The molecule has 0 saturated carbocycles. The zero-order chi connectivity index (χ0) is 22.8. The Morgan fingerprint density at radius 3 is 2.69 bits per heavy atom. The van der Waals surface area contributed by atoms with E-state index >= 15 is 0 Å². The third-order valence-corrected chi connectivity index (χ3v) is 6.69. The summed E-state index contributed by atoms with van der Waals surface area (Å²) in [5, 5.41) is 15.0. The van der Waals surface area contributed by atoms with Crippen molar-refractivity contribution in [2.75, 3.05) is 11.9 Å². The van der Waals surface area contributed by atoms with Crippen LogP contribution in [0.5, 0.6) is 5.75 Å². The summed E-state index contributed by atoms with van der Waals surface area (Å²) in [5.41, 5.74) is 1.99. The highest BCUT2D eigenvalue weighted by atomic mass is 79.9. The first-order valence-electron chi connectivity index (χ1n) is 9.45. The fraction of sp³-hybridized carbons (Fsp3) is 0.0909. The molecule has 10 heteroatoms. The summed E-state index contributed by atoms with van der Waals surface area (Å²) in [5.74, 6) is -0.365. The van der Waals surface area contributed by atoms with E-state index in [-0.39, 0.29) is 23.6 Å². The molecule has 0 atom stereocenters. The molecule has 4 aromatic rings. The minimum Gasteiger partial charge on any atom is -0.487 e. The van der Waals surface area contributed by atoms with Crippen molar-refractivity contribution in [3.63, 3.8) is 0 Å². The van der Waals surface area contributed by atoms with E-state index in [2.05, 4.69) is 37.2 Å². The minimum absolute atomic E-state index is 0.119. The number of hydrogen-bond donors (Lipinski definition) is 1.